The maximum atomic E-state index is 13.0. The number of amides is 2. The highest BCUT2D eigenvalue weighted by Crippen LogP contribution is 2.30. The highest BCUT2D eigenvalue weighted by Gasteiger charge is 2.18. The monoisotopic (exact) mass is 456 g/mol. The van der Waals surface area contributed by atoms with E-state index in [1.54, 1.807) is 18.2 Å². The van der Waals surface area contributed by atoms with Gasteiger partial charge in [-0.15, -0.1) is 0 Å². The quantitative estimate of drug-likeness (QED) is 0.302. The molecule has 9 nitrogen and oxygen atoms in total. The summed E-state index contributed by atoms with van der Waals surface area (Å²) in [6.45, 7) is 0.158. The molecular weight excluding hydrogens is 432 g/mol. The molecule has 0 aliphatic carbocycles. The van der Waals surface area contributed by atoms with Crippen molar-refractivity contribution in [2.45, 2.75) is 11.3 Å². The van der Waals surface area contributed by atoms with E-state index in [-0.39, 0.29) is 29.3 Å². The minimum atomic E-state index is -3.55. The summed E-state index contributed by atoms with van der Waals surface area (Å²) in [4.78, 5) is 24.3. The third-order valence-corrected chi connectivity index (χ3v) is 6.74. The molecule has 0 heterocycles. The maximum absolute atomic E-state index is 13.0. The molecule has 0 spiro atoms. The van der Waals surface area contributed by atoms with E-state index in [0.717, 1.165) is 11.1 Å². The van der Waals surface area contributed by atoms with Gasteiger partial charge in [0.05, 0.1) is 15.6 Å². The van der Waals surface area contributed by atoms with Gasteiger partial charge in [-0.3, -0.25) is 10.1 Å². The van der Waals surface area contributed by atoms with E-state index in [2.05, 4.69) is 10.6 Å². The maximum Gasteiger partial charge on any atom is 0.319 e. The topological polar surface area (TPSA) is 122 Å². The van der Waals surface area contributed by atoms with Crippen LogP contribution in [0.5, 0.6) is 0 Å². The number of anilines is 2. The average Bonchev–Trinajstić information content (AvgIpc) is 2.76. The third-order valence-electron chi connectivity index (χ3n) is 4.89. The van der Waals surface area contributed by atoms with Crippen LogP contribution in [0.3, 0.4) is 0 Å². The van der Waals surface area contributed by atoms with Gasteiger partial charge in [0.2, 0.25) is 0 Å². The minimum absolute atomic E-state index is 0.0766. The van der Waals surface area contributed by atoms with Crippen molar-refractivity contribution < 1.29 is 18.1 Å². The summed E-state index contributed by atoms with van der Waals surface area (Å²) in [5, 5.41) is 17.3. The standard InChI is InChI=1S/C22H24N4O5S/c1-25(2)20-8-3-7-19-18(20)6-4-9-21(19)32(30,31)15-5-14-23-22(27)24-16-10-12-17(13-11-16)26(28)29/h3-4,6-13H,5,14-15H2,1-2H3,(H2,23,24,27). The van der Waals surface area contributed by atoms with Crippen molar-refractivity contribution in [3.8, 4) is 0 Å². The number of nitro benzene ring substituents is 1. The molecule has 2 N–H and O–H groups in total. The molecule has 3 rings (SSSR count). The second-order valence-corrected chi connectivity index (χ2v) is 9.46. The summed E-state index contributed by atoms with van der Waals surface area (Å²) in [6, 6.07) is 15.7. The van der Waals surface area contributed by atoms with Crippen molar-refractivity contribution in [1.29, 1.82) is 0 Å². The molecule has 0 saturated carbocycles. The molecule has 0 atom stereocenters. The highest BCUT2D eigenvalue weighted by molar-refractivity contribution is 7.91. The summed E-state index contributed by atoms with van der Waals surface area (Å²) in [6.07, 6.45) is 0.236. The first kappa shape index (κ1) is 23.0. The van der Waals surface area contributed by atoms with E-state index in [0.29, 0.717) is 11.1 Å². The van der Waals surface area contributed by atoms with Gasteiger partial charge in [0.15, 0.2) is 9.84 Å². The van der Waals surface area contributed by atoms with Crippen LogP contribution in [0, 0.1) is 10.1 Å². The third kappa shape index (κ3) is 5.33. The fraction of sp³-hybridized carbons (Fsp3) is 0.227. The molecule has 0 radical (unpaired) electrons. The van der Waals surface area contributed by atoms with Gasteiger partial charge in [-0.25, -0.2) is 13.2 Å². The number of fused-ring (bicyclic) bond motifs is 1. The zero-order valence-corrected chi connectivity index (χ0v) is 18.6. The number of nitro groups is 1. The number of nitrogens with one attached hydrogen (secondary N) is 2. The normalized spacial score (nSPS) is 11.2. The van der Waals surface area contributed by atoms with Gasteiger partial charge in [0.1, 0.15) is 0 Å². The number of benzene rings is 3. The average molecular weight is 457 g/mol. The van der Waals surface area contributed by atoms with Gasteiger partial charge in [0.25, 0.3) is 5.69 Å². The molecule has 168 valence electrons. The van der Waals surface area contributed by atoms with Gasteiger partial charge in [-0.1, -0.05) is 24.3 Å². The summed E-state index contributed by atoms with van der Waals surface area (Å²) in [7, 11) is 0.259. The predicted molar refractivity (Wildman–Crippen MR) is 125 cm³/mol. The van der Waals surface area contributed by atoms with Gasteiger partial charge >= 0.3 is 6.03 Å². The Kier molecular flexibility index (Phi) is 6.94. The van der Waals surface area contributed by atoms with E-state index in [1.165, 1.54) is 24.3 Å². The summed E-state index contributed by atoms with van der Waals surface area (Å²) < 4.78 is 25.9. The van der Waals surface area contributed by atoms with Crippen LogP contribution in [-0.2, 0) is 9.84 Å². The van der Waals surface area contributed by atoms with Crippen LogP contribution in [0.1, 0.15) is 6.42 Å². The Morgan fingerprint density at radius 2 is 1.66 bits per heavy atom. The number of urea groups is 1. The van der Waals surface area contributed by atoms with E-state index < -0.39 is 20.8 Å². The summed E-state index contributed by atoms with van der Waals surface area (Å²) >= 11 is 0. The van der Waals surface area contributed by atoms with E-state index in [4.69, 9.17) is 0 Å². The van der Waals surface area contributed by atoms with Crippen LogP contribution in [0.4, 0.5) is 21.9 Å². The number of carbonyl (C=O) groups is 1. The van der Waals surface area contributed by atoms with Crippen molar-refractivity contribution in [2.24, 2.45) is 0 Å². The molecule has 0 aromatic heterocycles. The number of hydrogen-bond acceptors (Lipinski definition) is 6. The Hall–Kier alpha value is -3.66. The fourth-order valence-electron chi connectivity index (χ4n) is 3.34. The fourth-order valence-corrected chi connectivity index (χ4v) is 4.88. The van der Waals surface area contributed by atoms with Crippen molar-refractivity contribution in [2.75, 3.05) is 36.6 Å². The second-order valence-electron chi connectivity index (χ2n) is 7.38. The number of nitrogens with zero attached hydrogens (tertiary/aromatic N) is 2. The van der Waals surface area contributed by atoms with Crippen molar-refractivity contribution in [3.63, 3.8) is 0 Å². The first-order valence-corrected chi connectivity index (χ1v) is 11.6. The smallest absolute Gasteiger partial charge is 0.319 e. The van der Waals surface area contributed by atoms with Gasteiger partial charge < -0.3 is 15.5 Å². The van der Waals surface area contributed by atoms with Crippen LogP contribution >= 0.6 is 0 Å². The number of non-ortho nitro benzene ring substituents is 1. The molecule has 0 aliphatic heterocycles. The lowest BCUT2D eigenvalue weighted by atomic mass is 10.1. The molecule has 10 heteroatoms. The Morgan fingerprint density at radius 1 is 1.00 bits per heavy atom. The molecular formula is C22H24N4O5S. The molecule has 0 bridgehead atoms. The molecule has 3 aromatic carbocycles. The van der Waals surface area contributed by atoms with Crippen molar-refractivity contribution in [1.82, 2.24) is 5.32 Å². The second kappa shape index (κ2) is 9.65. The first-order chi connectivity index (χ1) is 15.2. The Balaban J connectivity index is 1.59. The van der Waals surface area contributed by atoms with E-state index >= 15 is 0 Å². The van der Waals surface area contributed by atoms with Crippen LogP contribution in [0.2, 0.25) is 0 Å². The molecule has 0 unspecified atom stereocenters. The molecule has 3 aromatic rings. The highest BCUT2D eigenvalue weighted by atomic mass is 32.2. The van der Waals surface area contributed by atoms with E-state index in [1.807, 2.05) is 37.2 Å². The van der Waals surface area contributed by atoms with Gasteiger partial charge in [0, 0.05) is 54.9 Å². The summed E-state index contributed by atoms with van der Waals surface area (Å²) in [5.74, 6) is -0.115. The zero-order valence-electron chi connectivity index (χ0n) is 17.7. The van der Waals surface area contributed by atoms with Crippen LogP contribution in [-0.4, -0.2) is 45.8 Å². The molecule has 0 aliphatic rings. The van der Waals surface area contributed by atoms with E-state index in [9.17, 15) is 23.3 Å². The molecule has 2 amide bonds. The predicted octanol–water partition coefficient (Wildman–Crippen LogP) is 3.80. The Labute approximate surface area is 186 Å². The molecule has 0 saturated heterocycles. The number of carbonyl (C=O) groups excluding carboxylic acids is 1. The number of sulfone groups is 1. The van der Waals surface area contributed by atoms with Crippen molar-refractivity contribution >= 4 is 43.7 Å². The largest absolute Gasteiger partial charge is 0.377 e. The molecule has 0 fully saturated rings. The van der Waals surface area contributed by atoms with Crippen LogP contribution < -0.4 is 15.5 Å². The number of hydrogen-bond donors (Lipinski definition) is 2. The zero-order chi connectivity index (χ0) is 23.3. The van der Waals surface area contributed by atoms with Crippen LogP contribution in [0.25, 0.3) is 10.8 Å². The van der Waals surface area contributed by atoms with Crippen molar-refractivity contribution in [3.05, 3.63) is 70.8 Å². The molecule has 32 heavy (non-hydrogen) atoms. The number of rotatable bonds is 8. The first-order valence-electron chi connectivity index (χ1n) is 9.90. The van der Waals surface area contributed by atoms with Crippen LogP contribution in [0.15, 0.2) is 65.6 Å². The Bertz CT molecular complexity index is 1240. The lowest BCUT2D eigenvalue weighted by Gasteiger charge is -2.17. The lowest BCUT2D eigenvalue weighted by molar-refractivity contribution is -0.384. The summed E-state index contributed by atoms with van der Waals surface area (Å²) in [5.41, 5.74) is 1.25. The van der Waals surface area contributed by atoms with Gasteiger partial charge in [-0.05, 0) is 30.7 Å². The Morgan fingerprint density at radius 3 is 2.31 bits per heavy atom. The minimum Gasteiger partial charge on any atom is -0.377 e. The van der Waals surface area contributed by atoms with Gasteiger partial charge in [-0.2, -0.15) is 0 Å². The SMILES string of the molecule is CN(C)c1cccc2c(S(=O)(=O)CCCNC(=O)Nc3ccc([N+](=O)[O-])cc3)cccc12. The lowest BCUT2D eigenvalue weighted by Crippen LogP contribution is -2.30.